The van der Waals surface area contributed by atoms with E-state index in [1.165, 1.54) is 6.26 Å². The van der Waals surface area contributed by atoms with Gasteiger partial charge in [-0.3, -0.25) is 9.59 Å². The molecule has 172 valence electrons. The molecule has 1 atom stereocenters. The van der Waals surface area contributed by atoms with E-state index in [9.17, 15) is 14.7 Å². The Hall–Kier alpha value is -2.86. The summed E-state index contributed by atoms with van der Waals surface area (Å²) in [6, 6.07) is 11.6. The van der Waals surface area contributed by atoms with E-state index in [4.69, 9.17) is 4.42 Å². The molecule has 1 aliphatic rings. The minimum Gasteiger partial charge on any atom is -0.507 e. The molecule has 0 bridgehead atoms. The van der Waals surface area contributed by atoms with Gasteiger partial charge in [-0.1, -0.05) is 57.0 Å². The molecule has 1 aliphatic heterocycles. The van der Waals surface area contributed by atoms with Gasteiger partial charge in [0.1, 0.15) is 17.6 Å². The molecule has 1 fully saturated rings. The molecule has 0 saturated carbocycles. The first-order valence-electron chi connectivity index (χ1n) is 11.7. The number of nitrogens with zero attached hydrogens (tertiary/aromatic N) is 2. The van der Waals surface area contributed by atoms with Crippen LogP contribution in [-0.2, 0) is 9.59 Å². The fraction of sp³-hybridized carbons (Fsp3) is 0.462. The first kappa shape index (κ1) is 23.8. The lowest BCUT2D eigenvalue weighted by Gasteiger charge is -2.26. The first-order chi connectivity index (χ1) is 15.6. The van der Waals surface area contributed by atoms with Crippen molar-refractivity contribution in [1.29, 1.82) is 0 Å². The van der Waals surface area contributed by atoms with Gasteiger partial charge in [0.2, 0.25) is 0 Å². The molecule has 1 saturated heterocycles. The van der Waals surface area contributed by atoms with Gasteiger partial charge in [-0.15, -0.1) is 0 Å². The van der Waals surface area contributed by atoms with Crippen molar-refractivity contribution in [3.63, 3.8) is 0 Å². The number of ketones is 1. The second-order valence-electron chi connectivity index (χ2n) is 8.28. The molecule has 2 heterocycles. The number of amides is 1. The third-order valence-corrected chi connectivity index (χ3v) is 5.93. The van der Waals surface area contributed by atoms with Gasteiger partial charge in [0, 0.05) is 12.1 Å². The molecule has 1 N–H and O–H groups in total. The van der Waals surface area contributed by atoms with Crippen LogP contribution in [0.2, 0.25) is 0 Å². The molecule has 1 amide bonds. The van der Waals surface area contributed by atoms with Crippen LogP contribution in [0.3, 0.4) is 0 Å². The molecule has 0 aliphatic carbocycles. The Bertz CT molecular complexity index is 897. The fourth-order valence-electron chi connectivity index (χ4n) is 4.17. The molecule has 32 heavy (non-hydrogen) atoms. The second kappa shape index (κ2) is 11.7. The molecule has 6 heteroatoms. The highest BCUT2D eigenvalue weighted by atomic mass is 16.3. The van der Waals surface area contributed by atoms with Crippen molar-refractivity contribution in [3.8, 4) is 0 Å². The zero-order valence-electron chi connectivity index (χ0n) is 19.1. The fourth-order valence-corrected chi connectivity index (χ4v) is 4.17. The molecule has 1 unspecified atom stereocenters. The zero-order chi connectivity index (χ0) is 22.9. The number of unbranched alkanes of at least 4 members (excludes halogenated alkanes) is 2. The number of Topliss-reactive ketones (excluding diaryl/α,β-unsaturated/α-hetero) is 1. The van der Waals surface area contributed by atoms with Crippen molar-refractivity contribution < 1.29 is 19.1 Å². The lowest BCUT2D eigenvalue weighted by molar-refractivity contribution is -0.140. The predicted octanol–water partition coefficient (Wildman–Crippen LogP) is 4.99. The van der Waals surface area contributed by atoms with Gasteiger partial charge in [0.05, 0.1) is 11.8 Å². The summed E-state index contributed by atoms with van der Waals surface area (Å²) in [6.45, 7) is 7.76. The summed E-state index contributed by atoms with van der Waals surface area (Å²) in [4.78, 5) is 29.9. The molecule has 0 radical (unpaired) electrons. The van der Waals surface area contributed by atoms with Gasteiger partial charge in [-0.2, -0.15) is 0 Å². The number of aliphatic hydroxyl groups is 1. The van der Waals surface area contributed by atoms with Crippen LogP contribution in [0.1, 0.15) is 63.3 Å². The third kappa shape index (κ3) is 5.49. The summed E-state index contributed by atoms with van der Waals surface area (Å²) in [5.41, 5.74) is 0.595. The number of aliphatic hydroxyl groups excluding tert-OH is 1. The summed E-state index contributed by atoms with van der Waals surface area (Å²) in [5.74, 6) is -0.935. The average molecular weight is 439 g/mol. The number of hydrogen-bond donors (Lipinski definition) is 1. The van der Waals surface area contributed by atoms with Gasteiger partial charge in [0.25, 0.3) is 11.7 Å². The summed E-state index contributed by atoms with van der Waals surface area (Å²) >= 11 is 0. The smallest absolute Gasteiger partial charge is 0.295 e. The van der Waals surface area contributed by atoms with Crippen LogP contribution in [0.15, 0.2) is 58.7 Å². The Morgan fingerprint density at radius 2 is 1.62 bits per heavy atom. The lowest BCUT2D eigenvalue weighted by Crippen LogP contribution is -2.34. The largest absolute Gasteiger partial charge is 0.507 e. The van der Waals surface area contributed by atoms with Crippen molar-refractivity contribution in [2.24, 2.45) is 0 Å². The maximum absolute atomic E-state index is 13.0. The van der Waals surface area contributed by atoms with Crippen molar-refractivity contribution in [2.45, 2.75) is 52.0 Å². The van der Waals surface area contributed by atoms with Gasteiger partial charge in [-0.05, 0) is 51.0 Å². The van der Waals surface area contributed by atoms with Crippen LogP contribution >= 0.6 is 0 Å². The number of benzene rings is 1. The minimum atomic E-state index is -0.718. The van der Waals surface area contributed by atoms with E-state index in [2.05, 4.69) is 18.7 Å². The molecule has 1 aromatic carbocycles. The van der Waals surface area contributed by atoms with E-state index in [1.807, 2.05) is 6.07 Å². The number of carbonyl (C=O) groups excluding carboxylic acids is 2. The lowest BCUT2D eigenvalue weighted by atomic mass is 9.99. The Morgan fingerprint density at radius 1 is 0.969 bits per heavy atom. The zero-order valence-corrected chi connectivity index (χ0v) is 19.1. The molecule has 1 aromatic heterocycles. The monoisotopic (exact) mass is 438 g/mol. The van der Waals surface area contributed by atoms with Crippen LogP contribution < -0.4 is 0 Å². The predicted molar refractivity (Wildman–Crippen MR) is 125 cm³/mol. The molecule has 2 aromatic rings. The minimum absolute atomic E-state index is 0.0879. The maximum atomic E-state index is 13.0. The van der Waals surface area contributed by atoms with E-state index in [1.54, 1.807) is 41.3 Å². The molecular formula is C26H34N2O4. The van der Waals surface area contributed by atoms with E-state index in [0.717, 1.165) is 51.7 Å². The van der Waals surface area contributed by atoms with E-state index in [0.29, 0.717) is 17.9 Å². The SMILES string of the molecule is CCCCN(CCCC)CCCN1C(=O)C(=O)/C(=C(/O)c2ccccc2)C1c1ccco1. The maximum Gasteiger partial charge on any atom is 0.295 e. The van der Waals surface area contributed by atoms with Crippen LogP contribution in [0.5, 0.6) is 0 Å². The summed E-state index contributed by atoms with van der Waals surface area (Å²) in [7, 11) is 0. The number of furan rings is 1. The number of carbonyl (C=O) groups is 2. The van der Waals surface area contributed by atoms with Crippen molar-refractivity contribution in [1.82, 2.24) is 9.80 Å². The Balaban J connectivity index is 1.82. The standard InChI is InChI=1S/C26H34N2O4/c1-3-5-15-27(16-6-4-2)17-11-18-28-23(21-14-10-19-32-21)22(25(30)26(28)31)24(29)20-12-8-7-9-13-20/h7-10,12-14,19,23,29H,3-6,11,15-18H2,1-2H3/b24-22+. The summed E-state index contributed by atoms with van der Waals surface area (Å²) in [6.07, 6.45) is 6.87. The average Bonchev–Trinajstić information content (AvgIpc) is 3.43. The highest BCUT2D eigenvalue weighted by molar-refractivity contribution is 6.46. The number of likely N-dealkylation sites (tertiary alicyclic amines) is 1. The Labute approximate surface area is 190 Å². The molecule has 0 spiro atoms. The Morgan fingerprint density at radius 3 is 2.22 bits per heavy atom. The van der Waals surface area contributed by atoms with E-state index in [-0.39, 0.29) is 11.3 Å². The molecule has 6 nitrogen and oxygen atoms in total. The van der Waals surface area contributed by atoms with Gasteiger partial charge >= 0.3 is 0 Å². The second-order valence-corrected chi connectivity index (χ2v) is 8.28. The van der Waals surface area contributed by atoms with E-state index >= 15 is 0 Å². The Kier molecular flexibility index (Phi) is 8.68. The molecular weight excluding hydrogens is 404 g/mol. The summed E-state index contributed by atoms with van der Waals surface area (Å²) < 4.78 is 5.59. The van der Waals surface area contributed by atoms with Gasteiger partial charge in [-0.25, -0.2) is 0 Å². The number of rotatable bonds is 12. The van der Waals surface area contributed by atoms with Crippen molar-refractivity contribution in [3.05, 3.63) is 65.6 Å². The highest BCUT2D eigenvalue weighted by Crippen LogP contribution is 2.39. The van der Waals surface area contributed by atoms with Crippen molar-refractivity contribution in [2.75, 3.05) is 26.2 Å². The quantitative estimate of drug-likeness (QED) is 0.287. The van der Waals surface area contributed by atoms with Crippen LogP contribution in [0.25, 0.3) is 5.76 Å². The highest BCUT2D eigenvalue weighted by Gasteiger charge is 2.47. The van der Waals surface area contributed by atoms with E-state index < -0.39 is 17.7 Å². The van der Waals surface area contributed by atoms with Gasteiger partial charge < -0.3 is 19.3 Å². The van der Waals surface area contributed by atoms with Crippen LogP contribution in [0, 0.1) is 0 Å². The third-order valence-electron chi connectivity index (χ3n) is 5.93. The molecule has 3 rings (SSSR count). The topological polar surface area (TPSA) is 74.0 Å². The van der Waals surface area contributed by atoms with Crippen LogP contribution in [-0.4, -0.2) is 52.8 Å². The van der Waals surface area contributed by atoms with Gasteiger partial charge in [0.15, 0.2) is 0 Å². The van der Waals surface area contributed by atoms with Crippen molar-refractivity contribution >= 4 is 17.4 Å². The first-order valence-corrected chi connectivity index (χ1v) is 11.7. The normalized spacial score (nSPS) is 18.1. The number of hydrogen-bond acceptors (Lipinski definition) is 5. The van der Waals surface area contributed by atoms with Crippen LogP contribution in [0.4, 0.5) is 0 Å². The summed E-state index contributed by atoms with van der Waals surface area (Å²) in [5, 5.41) is 10.9.